The predicted octanol–water partition coefficient (Wildman–Crippen LogP) is 7.38. The average Bonchev–Trinajstić information content (AvgIpc) is 3.31. The fraction of sp³-hybridized carbons (Fsp3) is 0.105. The van der Waals surface area contributed by atoms with E-state index < -0.39 is 5.41 Å². The molecular weight excluding hydrogens is 528 g/mol. The molecule has 206 valence electrons. The highest BCUT2D eigenvalue weighted by Crippen LogP contribution is 2.54. The molecule has 2 aromatic heterocycles. The highest BCUT2D eigenvalue weighted by molar-refractivity contribution is 6.14. The van der Waals surface area contributed by atoms with Gasteiger partial charge in [-0.2, -0.15) is 5.26 Å². The van der Waals surface area contributed by atoms with Gasteiger partial charge >= 0.3 is 0 Å². The van der Waals surface area contributed by atoms with Crippen molar-refractivity contribution in [3.05, 3.63) is 161 Å². The second-order valence-corrected chi connectivity index (χ2v) is 11.1. The van der Waals surface area contributed by atoms with Gasteiger partial charge in [-0.25, -0.2) is 0 Å². The number of carbonyl (C=O) groups is 1. The van der Waals surface area contributed by atoms with E-state index in [1.807, 2.05) is 60.5 Å². The van der Waals surface area contributed by atoms with Crippen molar-refractivity contribution >= 4 is 22.4 Å². The summed E-state index contributed by atoms with van der Waals surface area (Å²) in [6.07, 6.45) is 7.65. The number of aromatic nitrogens is 2. The Labute approximate surface area is 250 Å². The Balaban J connectivity index is 1.56. The molecule has 1 aliphatic rings. The van der Waals surface area contributed by atoms with Crippen molar-refractivity contribution in [1.29, 1.82) is 5.26 Å². The third kappa shape index (κ3) is 4.11. The van der Waals surface area contributed by atoms with Gasteiger partial charge in [0, 0.05) is 37.4 Å². The van der Waals surface area contributed by atoms with Crippen molar-refractivity contribution in [2.45, 2.75) is 18.8 Å². The molecule has 0 saturated carbocycles. The van der Waals surface area contributed by atoms with Crippen molar-refractivity contribution < 1.29 is 4.79 Å². The zero-order valence-corrected chi connectivity index (χ0v) is 24.0. The lowest BCUT2D eigenvalue weighted by atomic mass is 9.68. The second-order valence-electron chi connectivity index (χ2n) is 11.1. The lowest BCUT2D eigenvalue weighted by Crippen LogP contribution is -2.41. The molecule has 0 bridgehead atoms. The highest BCUT2D eigenvalue weighted by atomic mass is 16.2. The number of fused-ring (bicyclic) bond motifs is 2. The Morgan fingerprint density at radius 2 is 1.42 bits per heavy atom. The molecule has 0 unspecified atom stereocenters. The zero-order chi connectivity index (χ0) is 29.6. The first kappa shape index (κ1) is 26.3. The number of rotatable bonds is 5. The first-order valence-corrected chi connectivity index (χ1v) is 14.3. The number of amides is 1. The van der Waals surface area contributed by atoms with Crippen LogP contribution in [0.4, 0.5) is 5.69 Å². The van der Waals surface area contributed by atoms with Crippen LogP contribution in [0, 0.1) is 18.3 Å². The standard InChI is InChI=1S/C38H28N4O/c1-25-34(29-11-7-26(24-39)8-12-29)23-31(22-27-9-10-28-5-3-4-6-30(28)21-27)35-36(25)42(2)37(43)38(35,32-13-17-40-18-14-32)33-15-19-41-20-16-33/h3-21,23H,22H2,1-2H3. The summed E-state index contributed by atoms with van der Waals surface area (Å²) in [5, 5.41) is 11.8. The second kappa shape index (κ2) is 10.3. The Morgan fingerprint density at radius 3 is 2.05 bits per heavy atom. The molecule has 0 fully saturated rings. The van der Waals surface area contributed by atoms with E-state index in [0.717, 1.165) is 50.2 Å². The summed E-state index contributed by atoms with van der Waals surface area (Å²) in [5.41, 5.74) is 8.47. The number of pyridine rings is 2. The van der Waals surface area contributed by atoms with Gasteiger partial charge < -0.3 is 4.90 Å². The number of likely N-dealkylation sites (N-methyl/N-ethyl adjacent to an activating group) is 1. The van der Waals surface area contributed by atoms with Crippen LogP contribution >= 0.6 is 0 Å². The topological polar surface area (TPSA) is 69.9 Å². The van der Waals surface area contributed by atoms with Crippen molar-refractivity contribution in [2.75, 3.05) is 11.9 Å². The van der Waals surface area contributed by atoms with Gasteiger partial charge in [0.25, 0.3) is 0 Å². The van der Waals surface area contributed by atoms with Crippen LogP contribution in [-0.2, 0) is 16.6 Å². The van der Waals surface area contributed by atoms with Crippen LogP contribution in [0.1, 0.15) is 38.9 Å². The molecule has 0 spiro atoms. The lowest BCUT2D eigenvalue weighted by molar-refractivity contribution is -0.120. The van der Waals surface area contributed by atoms with Crippen molar-refractivity contribution in [3.63, 3.8) is 0 Å². The average molecular weight is 557 g/mol. The summed E-state index contributed by atoms with van der Waals surface area (Å²) in [6, 6.07) is 34.9. The number of benzene rings is 4. The Bertz CT molecular complexity index is 2010. The van der Waals surface area contributed by atoms with Gasteiger partial charge in [-0.05, 0) is 99.5 Å². The number of carbonyl (C=O) groups excluding carboxylic acids is 1. The summed E-state index contributed by atoms with van der Waals surface area (Å²) in [6.45, 7) is 2.09. The maximum atomic E-state index is 14.8. The van der Waals surface area contributed by atoms with Crippen LogP contribution in [0.25, 0.3) is 21.9 Å². The monoisotopic (exact) mass is 556 g/mol. The molecule has 43 heavy (non-hydrogen) atoms. The minimum Gasteiger partial charge on any atom is -0.313 e. The highest BCUT2D eigenvalue weighted by Gasteiger charge is 2.54. The van der Waals surface area contributed by atoms with Crippen molar-refractivity contribution in [2.24, 2.45) is 0 Å². The van der Waals surface area contributed by atoms with Crippen LogP contribution in [0.5, 0.6) is 0 Å². The number of nitriles is 1. The first-order chi connectivity index (χ1) is 21.0. The van der Waals surface area contributed by atoms with Gasteiger partial charge in [-0.15, -0.1) is 0 Å². The van der Waals surface area contributed by atoms with Gasteiger partial charge in [0.2, 0.25) is 5.91 Å². The smallest absolute Gasteiger partial charge is 0.246 e. The molecule has 4 aromatic carbocycles. The van der Waals surface area contributed by atoms with Gasteiger partial charge in [-0.1, -0.05) is 60.7 Å². The summed E-state index contributed by atoms with van der Waals surface area (Å²) in [5.74, 6) is -0.0141. The fourth-order valence-corrected chi connectivity index (χ4v) is 6.76. The van der Waals surface area contributed by atoms with Crippen LogP contribution in [-0.4, -0.2) is 22.9 Å². The molecular formula is C38H28N4O. The van der Waals surface area contributed by atoms with Crippen molar-refractivity contribution in [3.8, 4) is 17.2 Å². The SMILES string of the molecule is Cc1c(-c2ccc(C#N)cc2)cc(Cc2ccc3ccccc3c2)c2c1N(C)C(=O)C2(c1ccncc1)c1ccncc1. The van der Waals surface area contributed by atoms with Gasteiger partial charge in [0.1, 0.15) is 5.41 Å². The van der Waals surface area contributed by atoms with E-state index in [-0.39, 0.29) is 5.91 Å². The van der Waals surface area contributed by atoms with E-state index >= 15 is 0 Å². The summed E-state index contributed by atoms with van der Waals surface area (Å²) < 4.78 is 0. The molecule has 0 saturated heterocycles. The van der Waals surface area contributed by atoms with E-state index in [1.165, 1.54) is 10.8 Å². The van der Waals surface area contributed by atoms with Gasteiger partial charge in [0.05, 0.1) is 17.3 Å². The Hall–Kier alpha value is -5.60. The van der Waals surface area contributed by atoms with Crippen LogP contribution < -0.4 is 4.90 Å². The van der Waals surface area contributed by atoms with E-state index in [9.17, 15) is 10.1 Å². The van der Waals surface area contributed by atoms with E-state index in [0.29, 0.717) is 12.0 Å². The Morgan fingerprint density at radius 1 is 0.791 bits per heavy atom. The summed E-state index contributed by atoms with van der Waals surface area (Å²) in [7, 11) is 1.88. The molecule has 0 radical (unpaired) electrons. The molecule has 5 heteroatoms. The molecule has 0 atom stereocenters. The number of nitrogens with zero attached hydrogens (tertiary/aromatic N) is 4. The lowest BCUT2D eigenvalue weighted by Gasteiger charge is -2.31. The largest absolute Gasteiger partial charge is 0.313 e. The van der Waals surface area contributed by atoms with E-state index in [2.05, 4.69) is 71.5 Å². The van der Waals surface area contributed by atoms with E-state index in [4.69, 9.17) is 0 Å². The summed E-state index contributed by atoms with van der Waals surface area (Å²) >= 11 is 0. The molecule has 0 N–H and O–H groups in total. The maximum Gasteiger partial charge on any atom is 0.246 e. The fourth-order valence-electron chi connectivity index (χ4n) is 6.76. The van der Waals surface area contributed by atoms with Crippen LogP contribution in [0.2, 0.25) is 0 Å². The van der Waals surface area contributed by atoms with Crippen molar-refractivity contribution in [1.82, 2.24) is 9.97 Å². The Kier molecular flexibility index (Phi) is 6.33. The number of hydrogen-bond donors (Lipinski definition) is 0. The number of hydrogen-bond acceptors (Lipinski definition) is 4. The molecule has 6 aromatic rings. The maximum absolute atomic E-state index is 14.8. The van der Waals surface area contributed by atoms with Gasteiger partial charge in [-0.3, -0.25) is 14.8 Å². The molecule has 1 aliphatic heterocycles. The summed E-state index contributed by atoms with van der Waals surface area (Å²) in [4.78, 5) is 25.2. The first-order valence-electron chi connectivity index (χ1n) is 14.3. The van der Waals surface area contributed by atoms with Gasteiger partial charge in [0.15, 0.2) is 0 Å². The third-order valence-electron chi connectivity index (χ3n) is 8.73. The normalized spacial score (nSPS) is 13.6. The molecule has 3 heterocycles. The zero-order valence-electron chi connectivity index (χ0n) is 24.0. The van der Waals surface area contributed by atoms with Crippen LogP contribution in [0.15, 0.2) is 122 Å². The predicted molar refractivity (Wildman–Crippen MR) is 170 cm³/mol. The minimum atomic E-state index is -1.07. The molecule has 0 aliphatic carbocycles. The van der Waals surface area contributed by atoms with E-state index in [1.54, 1.807) is 24.8 Å². The molecule has 5 nitrogen and oxygen atoms in total. The molecule has 7 rings (SSSR count). The number of anilines is 1. The minimum absolute atomic E-state index is 0.0141. The molecule has 1 amide bonds. The third-order valence-corrected chi connectivity index (χ3v) is 8.73. The van der Waals surface area contributed by atoms with Crippen LogP contribution in [0.3, 0.4) is 0 Å². The quantitative estimate of drug-likeness (QED) is 0.222.